The summed E-state index contributed by atoms with van der Waals surface area (Å²) < 4.78 is 0. The van der Waals surface area contributed by atoms with Crippen molar-refractivity contribution in [2.24, 2.45) is 0 Å². The Labute approximate surface area is 118 Å². The van der Waals surface area contributed by atoms with E-state index in [9.17, 15) is 4.79 Å². The van der Waals surface area contributed by atoms with Crippen LogP contribution in [0.3, 0.4) is 0 Å². The Morgan fingerprint density at radius 3 is 2.85 bits per heavy atom. The monoisotopic (exact) mass is 270 g/mol. The lowest BCUT2D eigenvalue weighted by Gasteiger charge is -2.26. The molecule has 5 heteroatoms. The first-order valence-corrected chi connectivity index (χ1v) is 7.07. The van der Waals surface area contributed by atoms with Crippen molar-refractivity contribution in [3.8, 4) is 0 Å². The zero-order chi connectivity index (χ0) is 13.8. The number of hydrogen-bond donors (Lipinski definition) is 1. The Morgan fingerprint density at radius 1 is 1.20 bits per heavy atom. The van der Waals surface area contributed by atoms with Crippen LogP contribution in [-0.2, 0) is 4.79 Å². The first-order chi connectivity index (χ1) is 9.84. The molecule has 0 saturated carbocycles. The van der Waals surface area contributed by atoms with E-state index in [1.807, 2.05) is 29.2 Å². The van der Waals surface area contributed by atoms with E-state index >= 15 is 0 Å². The van der Waals surface area contributed by atoms with Crippen molar-refractivity contribution in [2.75, 3.05) is 25.0 Å². The number of carbonyl (C=O) groups excluding carboxylic acids is 1. The number of fused-ring (bicyclic) bond motifs is 1. The molecule has 0 unspecified atom stereocenters. The second kappa shape index (κ2) is 5.86. The molecule has 1 aromatic carbocycles. The molecule has 1 fully saturated rings. The van der Waals surface area contributed by atoms with Crippen LogP contribution in [0, 0.1) is 0 Å². The van der Waals surface area contributed by atoms with Crippen molar-refractivity contribution in [3.63, 3.8) is 0 Å². The number of benzene rings is 1. The van der Waals surface area contributed by atoms with Gasteiger partial charge in [-0.1, -0.05) is 18.2 Å². The normalized spacial score (nSPS) is 15.3. The maximum absolute atomic E-state index is 12.1. The van der Waals surface area contributed by atoms with Gasteiger partial charge in [0.05, 0.1) is 23.9 Å². The van der Waals surface area contributed by atoms with E-state index in [1.165, 1.54) is 6.42 Å². The zero-order valence-corrected chi connectivity index (χ0v) is 11.4. The number of aromatic nitrogens is 2. The molecule has 2 aromatic rings. The molecule has 1 aliphatic heterocycles. The number of rotatable bonds is 3. The van der Waals surface area contributed by atoms with Crippen LogP contribution < -0.4 is 5.32 Å². The summed E-state index contributed by atoms with van der Waals surface area (Å²) in [7, 11) is 0. The summed E-state index contributed by atoms with van der Waals surface area (Å²) in [6.45, 7) is 2.08. The molecule has 1 amide bonds. The molecule has 5 nitrogen and oxygen atoms in total. The van der Waals surface area contributed by atoms with Gasteiger partial charge in [0.2, 0.25) is 5.91 Å². The van der Waals surface area contributed by atoms with Crippen LogP contribution >= 0.6 is 0 Å². The average molecular weight is 270 g/mol. The fourth-order valence-corrected chi connectivity index (χ4v) is 2.57. The van der Waals surface area contributed by atoms with Crippen LogP contribution in [0.1, 0.15) is 19.3 Å². The molecule has 0 bridgehead atoms. The van der Waals surface area contributed by atoms with Crippen LogP contribution in [0.25, 0.3) is 10.9 Å². The number of amides is 1. The highest BCUT2D eigenvalue weighted by Gasteiger charge is 2.16. The standard InChI is InChI=1S/C15H18N4O/c20-15(19-8-4-1-5-9-19)11-16-14-10-17-18-13-7-3-2-6-12(13)14/h2-3,6-7,10H,1,4-5,8-9,11H2,(H,16,18). The molecule has 0 atom stereocenters. The second-order valence-electron chi connectivity index (χ2n) is 5.07. The lowest BCUT2D eigenvalue weighted by molar-refractivity contribution is -0.130. The van der Waals surface area contributed by atoms with Crippen LogP contribution in [-0.4, -0.2) is 40.6 Å². The van der Waals surface area contributed by atoms with E-state index < -0.39 is 0 Å². The van der Waals surface area contributed by atoms with Crippen LogP contribution in [0.15, 0.2) is 30.5 Å². The number of carbonyl (C=O) groups is 1. The van der Waals surface area contributed by atoms with Gasteiger partial charge in [-0.05, 0) is 25.3 Å². The van der Waals surface area contributed by atoms with Gasteiger partial charge < -0.3 is 10.2 Å². The minimum atomic E-state index is 0.158. The molecule has 1 aromatic heterocycles. The Balaban J connectivity index is 1.69. The molecule has 0 radical (unpaired) electrons. The van der Waals surface area contributed by atoms with Crippen LogP contribution in [0.4, 0.5) is 5.69 Å². The second-order valence-corrected chi connectivity index (χ2v) is 5.07. The summed E-state index contributed by atoms with van der Waals surface area (Å²) >= 11 is 0. The molecule has 104 valence electrons. The number of piperidine rings is 1. The van der Waals surface area contributed by atoms with Gasteiger partial charge in [0, 0.05) is 18.5 Å². The lowest BCUT2D eigenvalue weighted by atomic mass is 10.1. The number of anilines is 1. The SMILES string of the molecule is O=C(CNc1cnnc2ccccc12)N1CCCCC1. The van der Waals surface area contributed by atoms with E-state index in [0.717, 1.165) is 42.5 Å². The minimum absolute atomic E-state index is 0.158. The summed E-state index contributed by atoms with van der Waals surface area (Å²) in [5.74, 6) is 0.158. The molecule has 20 heavy (non-hydrogen) atoms. The topological polar surface area (TPSA) is 58.1 Å². The molecule has 0 spiro atoms. The van der Waals surface area contributed by atoms with Gasteiger partial charge in [0.1, 0.15) is 0 Å². The zero-order valence-electron chi connectivity index (χ0n) is 11.4. The van der Waals surface area contributed by atoms with Gasteiger partial charge in [-0.2, -0.15) is 10.2 Å². The smallest absolute Gasteiger partial charge is 0.241 e. The van der Waals surface area contributed by atoms with E-state index in [-0.39, 0.29) is 5.91 Å². The quantitative estimate of drug-likeness (QED) is 0.927. The van der Waals surface area contributed by atoms with Gasteiger partial charge in [-0.25, -0.2) is 0 Å². The Bertz CT molecular complexity index is 602. The van der Waals surface area contributed by atoms with Crippen LogP contribution in [0.2, 0.25) is 0 Å². The molecular formula is C15H18N4O. The van der Waals surface area contributed by atoms with Crippen molar-refractivity contribution in [2.45, 2.75) is 19.3 Å². The molecule has 1 aliphatic rings. The van der Waals surface area contributed by atoms with Crippen molar-refractivity contribution >= 4 is 22.5 Å². The Morgan fingerprint density at radius 2 is 2.00 bits per heavy atom. The molecule has 2 heterocycles. The summed E-state index contributed by atoms with van der Waals surface area (Å²) in [4.78, 5) is 14.1. The third-order valence-corrected chi connectivity index (χ3v) is 3.69. The minimum Gasteiger partial charge on any atom is -0.374 e. The molecule has 3 rings (SSSR count). The van der Waals surface area contributed by atoms with Crippen molar-refractivity contribution in [1.82, 2.24) is 15.1 Å². The number of nitrogens with zero attached hydrogens (tertiary/aromatic N) is 3. The number of nitrogens with one attached hydrogen (secondary N) is 1. The van der Waals surface area contributed by atoms with Gasteiger partial charge in [0.25, 0.3) is 0 Å². The van der Waals surface area contributed by atoms with Crippen LogP contribution in [0.5, 0.6) is 0 Å². The van der Waals surface area contributed by atoms with E-state index in [2.05, 4.69) is 15.5 Å². The maximum atomic E-state index is 12.1. The first-order valence-electron chi connectivity index (χ1n) is 7.07. The maximum Gasteiger partial charge on any atom is 0.241 e. The fraction of sp³-hybridized carbons (Fsp3) is 0.400. The molecule has 1 N–H and O–H groups in total. The predicted octanol–water partition coefficient (Wildman–Crippen LogP) is 2.05. The number of hydrogen-bond acceptors (Lipinski definition) is 4. The van der Waals surface area contributed by atoms with Gasteiger partial charge in [-0.15, -0.1) is 0 Å². The van der Waals surface area contributed by atoms with E-state index in [1.54, 1.807) is 6.20 Å². The molecule has 1 saturated heterocycles. The fourth-order valence-electron chi connectivity index (χ4n) is 2.57. The Kier molecular flexibility index (Phi) is 3.76. The van der Waals surface area contributed by atoms with Gasteiger partial charge in [0.15, 0.2) is 0 Å². The highest BCUT2D eigenvalue weighted by molar-refractivity contribution is 5.92. The lowest BCUT2D eigenvalue weighted by Crippen LogP contribution is -2.39. The van der Waals surface area contributed by atoms with Crippen molar-refractivity contribution in [3.05, 3.63) is 30.5 Å². The van der Waals surface area contributed by atoms with Gasteiger partial charge in [-0.3, -0.25) is 4.79 Å². The largest absolute Gasteiger partial charge is 0.374 e. The molecule has 0 aliphatic carbocycles. The Hall–Kier alpha value is -2.17. The third kappa shape index (κ3) is 2.71. The third-order valence-electron chi connectivity index (χ3n) is 3.69. The molecular weight excluding hydrogens is 252 g/mol. The predicted molar refractivity (Wildman–Crippen MR) is 78.5 cm³/mol. The summed E-state index contributed by atoms with van der Waals surface area (Å²) in [5, 5.41) is 12.2. The first kappa shape index (κ1) is 12.8. The number of likely N-dealkylation sites (tertiary alicyclic amines) is 1. The highest BCUT2D eigenvalue weighted by atomic mass is 16.2. The summed E-state index contributed by atoms with van der Waals surface area (Å²) in [5.41, 5.74) is 1.70. The van der Waals surface area contributed by atoms with Gasteiger partial charge >= 0.3 is 0 Å². The summed E-state index contributed by atoms with van der Waals surface area (Å²) in [6.07, 6.45) is 5.14. The average Bonchev–Trinajstić information content (AvgIpc) is 2.53. The van der Waals surface area contributed by atoms with E-state index in [4.69, 9.17) is 0 Å². The van der Waals surface area contributed by atoms with E-state index in [0.29, 0.717) is 6.54 Å². The van der Waals surface area contributed by atoms with Crippen molar-refractivity contribution in [1.29, 1.82) is 0 Å². The van der Waals surface area contributed by atoms with Crippen molar-refractivity contribution < 1.29 is 4.79 Å². The highest BCUT2D eigenvalue weighted by Crippen LogP contribution is 2.19. The summed E-state index contributed by atoms with van der Waals surface area (Å²) in [6, 6.07) is 7.79.